The summed E-state index contributed by atoms with van der Waals surface area (Å²) in [7, 11) is 1.76. The fourth-order valence-corrected chi connectivity index (χ4v) is 6.91. The van der Waals surface area contributed by atoms with Crippen LogP contribution in [0, 0.1) is 17.3 Å². The van der Waals surface area contributed by atoms with Crippen LogP contribution in [0.2, 0.25) is 0 Å². The van der Waals surface area contributed by atoms with Gasteiger partial charge in [0.2, 0.25) is 0 Å². The zero-order valence-electron chi connectivity index (χ0n) is 18.5. The minimum Gasteiger partial charge on any atom is -0.497 e. The highest BCUT2D eigenvalue weighted by Gasteiger charge is 2.54. The molecule has 3 aliphatic rings. The van der Waals surface area contributed by atoms with E-state index >= 15 is 0 Å². The number of unbranched alkanes of at least 4 members (excludes halogenated alkanes) is 1. The quantitative estimate of drug-likeness (QED) is 0.558. The third kappa shape index (κ3) is 3.99. The van der Waals surface area contributed by atoms with Crippen LogP contribution in [0.4, 0.5) is 0 Å². The largest absolute Gasteiger partial charge is 0.497 e. The summed E-state index contributed by atoms with van der Waals surface area (Å²) >= 11 is 0. The first-order valence-corrected chi connectivity index (χ1v) is 11.8. The number of aryl methyl sites for hydroxylation is 1. The molecule has 0 aliphatic heterocycles. The topological polar surface area (TPSA) is 84.6 Å². The van der Waals surface area contributed by atoms with Gasteiger partial charge in [-0.15, -0.1) is 0 Å². The first-order valence-electron chi connectivity index (χ1n) is 11.8. The molecule has 3 aliphatic carbocycles. The monoisotopic (exact) mass is 414 g/mol. The van der Waals surface area contributed by atoms with Gasteiger partial charge >= 0.3 is 5.97 Å². The van der Waals surface area contributed by atoms with Gasteiger partial charge in [0, 0.05) is 6.04 Å². The standard InChI is InChI=1S/C25H38N2O3/c1-25-13-12-19-18-9-7-17(30-2)15-16(18)6-8-20(19)21(25)10-11-23(25)27-14-4-3-5-22(26)24(28)29/h7,9,15,19-23,27H,3-6,8,10-14,26H2,1-2H3,(H,28,29)/t19-,20-,21+,22+,23?,25+/m1/s1. The Labute approximate surface area is 180 Å². The van der Waals surface area contributed by atoms with Crippen molar-refractivity contribution in [3.05, 3.63) is 29.3 Å². The Morgan fingerprint density at radius 2 is 2.13 bits per heavy atom. The van der Waals surface area contributed by atoms with Crippen LogP contribution in [0.5, 0.6) is 5.75 Å². The van der Waals surface area contributed by atoms with E-state index < -0.39 is 12.0 Å². The molecule has 6 atom stereocenters. The van der Waals surface area contributed by atoms with Gasteiger partial charge in [0.1, 0.15) is 11.8 Å². The molecule has 5 nitrogen and oxygen atoms in total. The summed E-state index contributed by atoms with van der Waals surface area (Å²) in [5.41, 5.74) is 9.10. The summed E-state index contributed by atoms with van der Waals surface area (Å²) in [6, 6.07) is 6.61. The number of carbonyl (C=O) groups is 1. The lowest BCUT2D eigenvalue weighted by Crippen LogP contribution is -2.48. The predicted octanol–water partition coefficient (Wildman–Crippen LogP) is 4.09. The van der Waals surface area contributed by atoms with E-state index in [4.69, 9.17) is 15.6 Å². The van der Waals surface area contributed by atoms with Crippen molar-refractivity contribution in [3.8, 4) is 5.75 Å². The van der Waals surface area contributed by atoms with Crippen molar-refractivity contribution in [2.45, 2.75) is 82.7 Å². The maximum atomic E-state index is 10.8. The highest BCUT2D eigenvalue weighted by molar-refractivity contribution is 5.72. The molecule has 1 unspecified atom stereocenters. The van der Waals surface area contributed by atoms with Crippen LogP contribution in [0.15, 0.2) is 18.2 Å². The summed E-state index contributed by atoms with van der Waals surface area (Å²) < 4.78 is 5.45. The number of ether oxygens (including phenoxy) is 1. The second-order valence-electron chi connectivity index (χ2n) is 10.0. The molecule has 0 radical (unpaired) electrons. The zero-order chi connectivity index (χ0) is 21.3. The lowest BCUT2D eigenvalue weighted by Gasteiger charge is -2.51. The van der Waals surface area contributed by atoms with Gasteiger partial charge in [-0.25, -0.2) is 0 Å². The van der Waals surface area contributed by atoms with E-state index in [0.29, 0.717) is 23.8 Å². The maximum Gasteiger partial charge on any atom is 0.320 e. The molecular formula is C25H38N2O3. The Bertz CT molecular complexity index is 767. The van der Waals surface area contributed by atoms with Gasteiger partial charge < -0.3 is 20.9 Å². The fraction of sp³-hybridized carbons (Fsp3) is 0.720. The molecule has 5 heteroatoms. The second kappa shape index (κ2) is 8.88. The Morgan fingerprint density at radius 1 is 1.30 bits per heavy atom. The van der Waals surface area contributed by atoms with E-state index in [-0.39, 0.29) is 0 Å². The molecule has 2 fully saturated rings. The van der Waals surface area contributed by atoms with Crippen LogP contribution in [0.1, 0.15) is 75.3 Å². The zero-order valence-corrected chi connectivity index (χ0v) is 18.5. The van der Waals surface area contributed by atoms with Gasteiger partial charge in [0.25, 0.3) is 0 Å². The molecule has 0 amide bonds. The van der Waals surface area contributed by atoms with Gasteiger partial charge in [-0.3, -0.25) is 4.79 Å². The third-order valence-corrected chi connectivity index (χ3v) is 8.58. The van der Waals surface area contributed by atoms with E-state index in [2.05, 4.69) is 30.4 Å². The number of methoxy groups -OCH3 is 1. The summed E-state index contributed by atoms with van der Waals surface area (Å²) in [5.74, 6) is 2.43. The Morgan fingerprint density at radius 3 is 2.90 bits per heavy atom. The first-order chi connectivity index (χ1) is 14.4. The maximum absolute atomic E-state index is 10.8. The minimum absolute atomic E-state index is 0.391. The second-order valence-corrected chi connectivity index (χ2v) is 10.0. The van der Waals surface area contributed by atoms with Gasteiger partial charge in [0.15, 0.2) is 0 Å². The molecule has 2 saturated carbocycles. The first kappa shape index (κ1) is 21.6. The number of nitrogens with two attached hydrogens (primary N) is 1. The molecule has 166 valence electrons. The number of aliphatic carboxylic acids is 1. The number of rotatable bonds is 8. The average molecular weight is 415 g/mol. The normalized spacial score (nSPS) is 33.3. The van der Waals surface area contributed by atoms with Crippen molar-refractivity contribution in [3.63, 3.8) is 0 Å². The molecule has 1 aromatic rings. The van der Waals surface area contributed by atoms with Crippen molar-refractivity contribution < 1.29 is 14.6 Å². The number of benzene rings is 1. The average Bonchev–Trinajstić information content (AvgIpc) is 3.08. The van der Waals surface area contributed by atoms with Gasteiger partial charge in [-0.05, 0) is 104 Å². The van der Waals surface area contributed by atoms with Crippen molar-refractivity contribution >= 4 is 5.97 Å². The number of nitrogens with one attached hydrogen (secondary N) is 1. The van der Waals surface area contributed by atoms with Crippen molar-refractivity contribution in [2.75, 3.05) is 13.7 Å². The van der Waals surface area contributed by atoms with Crippen LogP contribution in [-0.2, 0) is 11.2 Å². The fourth-order valence-electron chi connectivity index (χ4n) is 6.91. The van der Waals surface area contributed by atoms with Gasteiger partial charge in [-0.1, -0.05) is 19.4 Å². The summed E-state index contributed by atoms with van der Waals surface area (Å²) in [6.07, 6.45) is 10.1. The molecule has 30 heavy (non-hydrogen) atoms. The molecule has 0 heterocycles. The van der Waals surface area contributed by atoms with E-state index in [1.807, 2.05) is 0 Å². The van der Waals surface area contributed by atoms with Crippen LogP contribution in [0.25, 0.3) is 0 Å². The number of carboxylic acid groups (broad SMARTS) is 1. The molecule has 0 spiro atoms. The minimum atomic E-state index is -0.890. The number of carboxylic acids is 1. The van der Waals surface area contributed by atoms with Crippen molar-refractivity contribution in [1.82, 2.24) is 5.32 Å². The molecule has 1 aromatic carbocycles. The Kier molecular flexibility index (Phi) is 6.40. The highest BCUT2D eigenvalue weighted by atomic mass is 16.5. The lowest BCUT2D eigenvalue weighted by atomic mass is 9.55. The number of hydrogen-bond donors (Lipinski definition) is 3. The Balaban J connectivity index is 1.35. The summed E-state index contributed by atoms with van der Waals surface area (Å²) in [5, 5.41) is 12.8. The molecule has 4 N–H and O–H groups in total. The van der Waals surface area contributed by atoms with Crippen molar-refractivity contribution in [1.29, 1.82) is 0 Å². The molecule has 0 bridgehead atoms. The number of hydrogen-bond acceptors (Lipinski definition) is 4. The van der Waals surface area contributed by atoms with Crippen LogP contribution in [0.3, 0.4) is 0 Å². The predicted molar refractivity (Wildman–Crippen MR) is 119 cm³/mol. The summed E-state index contributed by atoms with van der Waals surface area (Å²) in [6.45, 7) is 3.50. The molecule has 0 aromatic heterocycles. The van der Waals surface area contributed by atoms with E-state index in [9.17, 15) is 4.79 Å². The van der Waals surface area contributed by atoms with Crippen LogP contribution >= 0.6 is 0 Å². The summed E-state index contributed by atoms with van der Waals surface area (Å²) in [4.78, 5) is 10.8. The van der Waals surface area contributed by atoms with Gasteiger partial charge in [-0.2, -0.15) is 0 Å². The Hall–Kier alpha value is -1.59. The molecular weight excluding hydrogens is 376 g/mol. The van der Waals surface area contributed by atoms with Crippen LogP contribution in [-0.4, -0.2) is 36.8 Å². The lowest BCUT2D eigenvalue weighted by molar-refractivity contribution is -0.138. The molecule has 0 saturated heterocycles. The number of fused-ring (bicyclic) bond motifs is 5. The van der Waals surface area contributed by atoms with E-state index in [1.54, 1.807) is 12.7 Å². The van der Waals surface area contributed by atoms with Crippen molar-refractivity contribution in [2.24, 2.45) is 23.0 Å². The third-order valence-electron chi connectivity index (χ3n) is 8.58. The van der Waals surface area contributed by atoms with Gasteiger partial charge in [0.05, 0.1) is 7.11 Å². The highest BCUT2D eigenvalue weighted by Crippen LogP contribution is 2.60. The van der Waals surface area contributed by atoms with Crippen LogP contribution < -0.4 is 15.8 Å². The smallest absolute Gasteiger partial charge is 0.320 e. The molecule has 4 rings (SSSR count). The van der Waals surface area contributed by atoms with E-state index in [1.165, 1.54) is 44.1 Å². The van der Waals surface area contributed by atoms with E-state index in [0.717, 1.165) is 37.0 Å². The SMILES string of the molecule is COc1ccc2c(c1)CC[C@@H]1[C@@H]2CC[C@]2(C)C(NCCCC[C@H](N)C(=O)O)CC[C@@H]12.